The zero-order chi connectivity index (χ0) is 14.9. The Labute approximate surface area is 128 Å². The molecule has 0 aromatic heterocycles. The van der Waals surface area contributed by atoms with E-state index in [9.17, 15) is 0 Å². The summed E-state index contributed by atoms with van der Waals surface area (Å²) in [5.41, 5.74) is 2.66. The Morgan fingerprint density at radius 3 is 2.05 bits per heavy atom. The van der Waals surface area contributed by atoms with Crippen molar-refractivity contribution in [1.29, 1.82) is 0 Å². The van der Waals surface area contributed by atoms with Crippen molar-refractivity contribution < 1.29 is 4.74 Å². The highest BCUT2D eigenvalue weighted by atomic mass is 32.1. The van der Waals surface area contributed by atoms with Crippen LogP contribution in [0.3, 0.4) is 0 Å². The van der Waals surface area contributed by atoms with Crippen molar-refractivity contribution in [2.45, 2.75) is 52.2 Å². The fourth-order valence-corrected chi connectivity index (χ4v) is 2.92. The molecular weight excluding hydrogens is 266 g/mol. The largest absolute Gasteiger partial charge is 0.372 e. The maximum Gasteiger partial charge on any atom is 0.109 e. The van der Waals surface area contributed by atoms with Gasteiger partial charge in [-0.3, -0.25) is 0 Å². The van der Waals surface area contributed by atoms with Crippen molar-refractivity contribution in [3.05, 3.63) is 35.4 Å². The van der Waals surface area contributed by atoms with Crippen LogP contribution in [0.15, 0.2) is 24.3 Å². The Kier molecular flexibility index (Phi) is 4.50. The summed E-state index contributed by atoms with van der Waals surface area (Å²) in [6.45, 7) is 12.7. The zero-order valence-corrected chi connectivity index (χ0v) is 14.0. The van der Waals surface area contributed by atoms with Crippen LogP contribution in [-0.4, -0.2) is 35.2 Å². The normalized spacial score (nSPS) is 23.8. The number of morpholine rings is 1. The molecule has 0 amide bonds. The first-order chi connectivity index (χ1) is 9.27. The fraction of sp³-hybridized carbons (Fsp3) is 0.588. The molecule has 2 rings (SSSR count). The van der Waals surface area contributed by atoms with Crippen LogP contribution in [0, 0.1) is 0 Å². The smallest absolute Gasteiger partial charge is 0.109 e. The third-order valence-corrected chi connectivity index (χ3v) is 4.20. The summed E-state index contributed by atoms with van der Waals surface area (Å²) in [5, 5.41) is 0. The van der Waals surface area contributed by atoms with E-state index in [0.717, 1.165) is 23.6 Å². The van der Waals surface area contributed by atoms with Gasteiger partial charge in [0.2, 0.25) is 0 Å². The summed E-state index contributed by atoms with van der Waals surface area (Å²) in [7, 11) is 0. The van der Waals surface area contributed by atoms with Crippen molar-refractivity contribution in [2.75, 3.05) is 13.1 Å². The molecular formula is C17H25NOS. The van der Waals surface area contributed by atoms with E-state index in [1.54, 1.807) is 0 Å². The average molecular weight is 291 g/mol. The van der Waals surface area contributed by atoms with Crippen LogP contribution in [0.5, 0.6) is 0 Å². The highest BCUT2D eigenvalue weighted by molar-refractivity contribution is 7.80. The van der Waals surface area contributed by atoms with E-state index in [4.69, 9.17) is 17.0 Å². The number of nitrogens with zero attached hydrogens (tertiary/aromatic N) is 1. The van der Waals surface area contributed by atoms with E-state index in [0.29, 0.717) is 0 Å². The van der Waals surface area contributed by atoms with Crippen LogP contribution in [0.25, 0.3) is 0 Å². The first-order valence-corrected chi connectivity index (χ1v) is 7.73. The predicted molar refractivity (Wildman–Crippen MR) is 88.4 cm³/mol. The molecule has 20 heavy (non-hydrogen) atoms. The number of benzene rings is 1. The van der Waals surface area contributed by atoms with E-state index in [1.807, 2.05) is 0 Å². The van der Waals surface area contributed by atoms with Gasteiger partial charge in [-0.2, -0.15) is 0 Å². The van der Waals surface area contributed by atoms with E-state index in [2.05, 4.69) is 63.8 Å². The Morgan fingerprint density at radius 1 is 1.10 bits per heavy atom. The molecule has 110 valence electrons. The van der Waals surface area contributed by atoms with Crippen molar-refractivity contribution in [3.8, 4) is 0 Å². The minimum Gasteiger partial charge on any atom is -0.372 e. The van der Waals surface area contributed by atoms with Crippen molar-refractivity contribution >= 4 is 17.2 Å². The third-order valence-electron chi connectivity index (χ3n) is 3.70. The number of thiocarbonyl (C=S) groups is 1. The summed E-state index contributed by atoms with van der Waals surface area (Å²) < 4.78 is 5.76. The van der Waals surface area contributed by atoms with Crippen molar-refractivity contribution in [2.24, 2.45) is 0 Å². The fourth-order valence-electron chi connectivity index (χ4n) is 2.64. The second kappa shape index (κ2) is 5.82. The highest BCUT2D eigenvalue weighted by Gasteiger charge is 2.24. The van der Waals surface area contributed by atoms with Gasteiger partial charge in [0.05, 0.1) is 12.2 Å². The zero-order valence-electron chi connectivity index (χ0n) is 13.1. The predicted octanol–water partition coefficient (Wildman–Crippen LogP) is 3.77. The van der Waals surface area contributed by atoms with Gasteiger partial charge in [0.15, 0.2) is 0 Å². The highest BCUT2D eigenvalue weighted by Crippen LogP contribution is 2.23. The number of hydrogen-bond donors (Lipinski definition) is 0. The van der Waals surface area contributed by atoms with Crippen LogP contribution in [0.1, 0.15) is 45.7 Å². The minimum absolute atomic E-state index is 0.183. The molecule has 0 bridgehead atoms. The van der Waals surface area contributed by atoms with Gasteiger partial charge < -0.3 is 9.64 Å². The monoisotopic (exact) mass is 291 g/mol. The number of ether oxygens (including phenoxy) is 1. The Balaban J connectivity index is 2.13. The average Bonchev–Trinajstić information content (AvgIpc) is 2.36. The maximum atomic E-state index is 5.76. The number of hydrogen-bond acceptors (Lipinski definition) is 2. The molecule has 2 atom stereocenters. The third kappa shape index (κ3) is 3.58. The van der Waals surface area contributed by atoms with Crippen molar-refractivity contribution in [3.63, 3.8) is 0 Å². The molecule has 1 fully saturated rings. The number of rotatable bonds is 1. The molecule has 0 spiro atoms. The van der Waals surface area contributed by atoms with Gasteiger partial charge in [0, 0.05) is 18.7 Å². The van der Waals surface area contributed by atoms with E-state index < -0.39 is 0 Å². The molecule has 1 aliphatic rings. The molecule has 0 saturated carbocycles. The summed E-state index contributed by atoms with van der Waals surface area (Å²) in [6.07, 6.45) is 0.482. The lowest BCUT2D eigenvalue weighted by atomic mass is 9.86. The topological polar surface area (TPSA) is 12.5 Å². The quantitative estimate of drug-likeness (QED) is 0.731. The molecule has 1 heterocycles. The standard InChI is InChI=1S/C17H25NOS/c1-12-10-18(11-13(2)19-12)16(20)14-6-8-15(9-7-14)17(3,4)5/h6-9,12-13H,10-11H2,1-5H3/t12-,13-/m0/s1. The lowest BCUT2D eigenvalue weighted by Crippen LogP contribution is -2.47. The van der Waals surface area contributed by atoms with Gasteiger partial charge in [-0.15, -0.1) is 0 Å². The summed E-state index contributed by atoms with van der Waals surface area (Å²) in [4.78, 5) is 3.20. The van der Waals surface area contributed by atoms with Crippen LogP contribution >= 0.6 is 12.2 Å². The van der Waals surface area contributed by atoms with E-state index in [-0.39, 0.29) is 17.6 Å². The summed E-state index contributed by atoms with van der Waals surface area (Å²) >= 11 is 5.65. The van der Waals surface area contributed by atoms with Crippen LogP contribution in [0.4, 0.5) is 0 Å². The molecule has 0 unspecified atom stereocenters. The molecule has 1 saturated heterocycles. The molecule has 0 aliphatic carbocycles. The molecule has 1 aliphatic heterocycles. The Bertz CT molecular complexity index is 465. The second-order valence-electron chi connectivity index (χ2n) is 6.79. The SMILES string of the molecule is C[C@H]1CN(C(=S)c2ccc(C(C)(C)C)cc2)C[C@H](C)O1. The van der Waals surface area contributed by atoms with Crippen LogP contribution in [0.2, 0.25) is 0 Å². The molecule has 0 radical (unpaired) electrons. The molecule has 1 aromatic carbocycles. The van der Waals surface area contributed by atoms with Gasteiger partial charge in [-0.1, -0.05) is 57.3 Å². The Morgan fingerprint density at radius 2 is 1.60 bits per heavy atom. The summed E-state index contributed by atoms with van der Waals surface area (Å²) in [5.74, 6) is 0. The first kappa shape index (κ1) is 15.5. The Hall–Kier alpha value is -0.930. The molecule has 0 N–H and O–H groups in total. The van der Waals surface area contributed by atoms with Gasteiger partial charge in [-0.25, -0.2) is 0 Å². The molecule has 3 heteroatoms. The first-order valence-electron chi connectivity index (χ1n) is 7.32. The van der Waals surface area contributed by atoms with Gasteiger partial charge in [0.1, 0.15) is 4.99 Å². The lowest BCUT2D eigenvalue weighted by Gasteiger charge is -2.37. The minimum atomic E-state index is 0.183. The van der Waals surface area contributed by atoms with Crippen LogP contribution < -0.4 is 0 Å². The van der Waals surface area contributed by atoms with Gasteiger partial charge in [-0.05, 0) is 24.8 Å². The van der Waals surface area contributed by atoms with E-state index in [1.165, 1.54) is 5.56 Å². The second-order valence-corrected chi connectivity index (χ2v) is 7.18. The molecule has 1 aromatic rings. The maximum absolute atomic E-state index is 5.76. The van der Waals surface area contributed by atoms with Crippen molar-refractivity contribution in [1.82, 2.24) is 4.90 Å². The van der Waals surface area contributed by atoms with Crippen LogP contribution in [-0.2, 0) is 10.2 Å². The lowest BCUT2D eigenvalue weighted by molar-refractivity contribution is -0.0472. The van der Waals surface area contributed by atoms with Gasteiger partial charge in [0.25, 0.3) is 0 Å². The van der Waals surface area contributed by atoms with Gasteiger partial charge >= 0.3 is 0 Å². The molecule has 2 nitrogen and oxygen atoms in total. The summed E-state index contributed by atoms with van der Waals surface area (Å²) in [6, 6.07) is 8.67. The van der Waals surface area contributed by atoms with E-state index >= 15 is 0 Å².